The van der Waals surface area contributed by atoms with Crippen LogP contribution in [-0.2, 0) is 11.3 Å². The Labute approximate surface area is 169 Å². The molecule has 0 aliphatic carbocycles. The Morgan fingerprint density at radius 2 is 1.93 bits per heavy atom. The zero-order chi connectivity index (χ0) is 20.2. The van der Waals surface area contributed by atoms with E-state index in [4.69, 9.17) is 4.74 Å². The highest BCUT2D eigenvalue weighted by molar-refractivity contribution is 6.00. The van der Waals surface area contributed by atoms with Gasteiger partial charge >= 0.3 is 0 Å². The standard InChI is InChI=1S/C21H25N5O3/c1-29-13-5-10-24-14-17(20(27)25-11-8-22-9-12-25)19-18(15-24)21(28)26(23-19)16-6-3-2-4-7-16/h2-4,6-7,14-15,22H,5,8-13H2,1H3. The highest BCUT2D eigenvalue weighted by Crippen LogP contribution is 2.24. The van der Waals surface area contributed by atoms with Gasteiger partial charge in [0.05, 0.1) is 16.8 Å². The molecule has 0 saturated carbocycles. The van der Waals surface area contributed by atoms with Gasteiger partial charge in [-0.3, -0.25) is 9.59 Å². The van der Waals surface area contributed by atoms with Crippen LogP contribution in [0.25, 0.3) is 16.9 Å². The summed E-state index contributed by atoms with van der Waals surface area (Å²) in [6.07, 6.45) is 4.38. The molecule has 8 nitrogen and oxygen atoms in total. The number of para-hydroxylation sites is 1. The molecule has 3 aliphatic heterocycles. The topological polar surface area (TPSA) is 81.4 Å². The number of ether oxygens (including phenoxy) is 1. The number of nitrogens with one attached hydrogen (secondary N) is 1. The van der Waals surface area contributed by atoms with Crippen LogP contribution in [0, 0.1) is 0 Å². The molecule has 0 bridgehead atoms. The molecule has 4 rings (SSSR count). The van der Waals surface area contributed by atoms with E-state index in [0.717, 1.165) is 19.5 Å². The maximum absolute atomic E-state index is 13.3. The minimum absolute atomic E-state index is 0.0877. The molecule has 8 heteroatoms. The molecule has 0 atom stereocenters. The van der Waals surface area contributed by atoms with Gasteiger partial charge in [0.15, 0.2) is 0 Å². The second-order valence-electron chi connectivity index (χ2n) is 7.11. The van der Waals surface area contributed by atoms with E-state index in [1.165, 1.54) is 4.68 Å². The van der Waals surface area contributed by atoms with Crippen LogP contribution in [0.1, 0.15) is 16.8 Å². The zero-order valence-corrected chi connectivity index (χ0v) is 16.5. The number of carbonyl (C=O) groups is 1. The van der Waals surface area contributed by atoms with E-state index >= 15 is 0 Å². The second-order valence-corrected chi connectivity index (χ2v) is 7.11. The predicted octanol–water partition coefficient (Wildman–Crippen LogP) is 1.22. The van der Waals surface area contributed by atoms with E-state index in [9.17, 15) is 9.59 Å². The van der Waals surface area contributed by atoms with Crippen LogP contribution >= 0.6 is 0 Å². The number of fused-ring (bicyclic) bond motifs is 1. The first-order valence-electron chi connectivity index (χ1n) is 9.86. The summed E-state index contributed by atoms with van der Waals surface area (Å²) in [7, 11) is 1.66. The number of rotatable bonds is 6. The van der Waals surface area contributed by atoms with E-state index < -0.39 is 0 Å². The van der Waals surface area contributed by atoms with Gasteiger partial charge < -0.3 is 19.5 Å². The maximum atomic E-state index is 13.3. The van der Waals surface area contributed by atoms with Crippen molar-refractivity contribution < 1.29 is 9.53 Å². The van der Waals surface area contributed by atoms with Gasteiger partial charge in [0.25, 0.3) is 11.5 Å². The quantitative estimate of drug-likeness (QED) is 0.635. The van der Waals surface area contributed by atoms with Crippen molar-refractivity contribution in [3.63, 3.8) is 0 Å². The van der Waals surface area contributed by atoms with E-state index in [1.807, 2.05) is 46.0 Å². The molecule has 3 aliphatic rings. The van der Waals surface area contributed by atoms with E-state index in [-0.39, 0.29) is 11.5 Å². The smallest absolute Gasteiger partial charge is 0.282 e. The molecule has 1 saturated heterocycles. The van der Waals surface area contributed by atoms with Crippen molar-refractivity contribution in [2.24, 2.45) is 0 Å². The summed E-state index contributed by atoms with van der Waals surface area (Å²) >= 11 is 0. The van der Waals surface area contributed by atoms with Gasteiger partial charge in [-0.25, -0.2) is 0 Å². The Kier molecular flexibility index (Phi) is 5.73. The third-order valence-electron chi connectivity index (χ3n) is 5.12. The normalized spacial score (nSPS) is 14.4. The molecule has 0 radical (unpaired) electrons. The van der Waals surface area contributed by atoms with Crippen molar-refractivity contribution in [3.8, 4) is 16.9 Å². The molecule has 1 fully saturated rings. The molecule has 1 aromatic rings. The first-order valence-corrected chi connectivity index (χ1v) is 9.86. The Morgan fingerprint density at radius 3 is 2.66 bits per heavy atom. The van der Waals surface area contributed by atoms with Crippen LogP contribution in [0.2, 0.25) is 0 Å². The fourth-order valence-corrected chi connectivity index (χ4v) is 3.62. The summed E-state index contributed by atoms with van der Waals surface area (Å²) in [6.45, 7) is 4.08. The van der Waals surface area contributed by atoms with Gasteiger partial charge in [-0.15, -0.1) is 0 Å². The first-order chi connectivity index (χ1) is 14.2. The third-order valence-corrected chi connectivity index (χ3v) is 5.12. The highest BCUT2D eigenvalue weighted by atomic mass is 16.5. The van der Waals surface area contributed by atoms with Crippen molar-refractivity contribution in [2.75, 3.05) is 39.9 Å². The number of hydrogen-bond acceptors (Lipinski definition) is 5. The number of piperazine rings is 1. The lowest BCUT2D eigenvalue weighted by atomic mass is 10.1. The SMILES string of the molecule is COCCCn1cc(C(=O)N2CCNCC2)c2nn(-c3ccccc3)c(=O)c-2c1. The summed E-state index contributed by atoms with van der Waals surface area (Å²) in [5, 5.41) is 7.79. The van der Waals surface area contributed by atoms with Crippen LogP contribution in [0.4, 0.5) is 0 Å². The summed E-state index contributed by atoms with van der Waals surface area (Å²) in [5.74, 6) is -0.0877. The molecule has 1 N–H and O–H groups in total. The van der Waals surface area contributed by atoms with Gasteiger partial charge in [0.1, 0.15) is 5.69 Å². The van der Waals surface area contributed by atoms with Crippen molar-refractivity contribution in [1.29, 1.82) is 0 Å². The van der Waals surface area contributed by atoms with Crippen LogP contribution < -0.4 is 10.9 Å². The number of hydrogen-bond donors (Lipinski definition) is 1. The monoisotopic (exact) mass is 395 g/mol. The highest BCUT2D eigenvalue weighted by Gasteiger charge is 2.27. The van der Waals surface area contributed by atoms with E-state index in [1.54, 1.807) is 13.3 Å². The number of aryl methyl sites for hydroxylation is 1. The lowest BCUT2D eigenvalue weighted by molar-refractivity contribution is 0.0735. The summed E-state index contributed by atoms with van der Waals surface area (Å²) in [5.41, 5.74) is 1.83. The van der Waals surface area contributed by atoms with E-state index in [2.05, 4.69) is 10.4 Å². The number of amides is 1. The molecule has 152 valence electrons. The third kappa shape index (κ3) is 3.94. The first kappa shape index (κ1) is 19.4. The molecule has 0 unspecified atom stereocenters. The van der Waals surface area contributed by atoms with Crippen LogP contribution in [0.15, 0.2) is 47.5 Å². The zero-order valence-electron chi connectivity index (χ0n) is 16.5. The number of aromatic nitrogens is 3. The average Bonchev–Trinajstić information content (AvgIpc) is 3.11. The molecular weight excluding hydrogens is 370 g/mol. The molecule has 0 aromatic heterocycles. The molecule has 1 aromatic carbocycles. The number of pyridine rings is 1. The fraction of sp³-hybridized carbons (Fsp3) is 0.381. The van der Waals surface area contributed by atoms with Crippen LogP contribution in [-0.4, -0.2) is 65.1 Å². The Hall–Kier alpha value is -2.97. The number of methoxy groups -OCH3 is 1. The largest absolute Gasteiger partial charge is 0.385 e. The average molecular weight is 395 g/mol. The molecule has 29 heavy (non-hydrogen) atoms. The van der Waals surface area contributed by atoms with Crippen molar-refractivity contribution in [2.45, 2.75) is 13.0 Å². The molecule has 3 heterocycles. The lowest BCUT2D eigenvalue weighted by Gasteiger charge is -2.28. The van der Waals surface area contributed by atoms with Gasteiger partial charge in [0.2, 0.25) is 0 Å². The molecular formula is C21H25N5O3. The fourth-order valence-electron chi connectivity index (χ4n) is 3.62. The summed E-state index contributed by atoms with van der Waals surface area (Å²) in [4.78, 5) is 28.2. The number of carbonyl (C=O) groups excluding carboxylic acids is 1. The predicted molar refractivity (Wildman–Crippen MR) is 110 cm³/mol. The molecule has 0 spiro atoms. The van der Waals surface area contributed by atoms with Crippen molar-refractivity contribution in [1.82, 2.24) is 24.6 Å². The Balaban J connectivity index is 1.80. The van der Waals surface area contributed by atoms with E-state index in [0.29, 0.717) is 48.7 Å². The van der Waals surface area contributed by atoms with Gasteiger partial charge in [-0.1, -0.05) is 18.2 Å². The Bertz CT molecular complexity index is 1000. The minimum atomic E-state index is -0.221. The summed E-state index contributed by atoms with van der Waals surface area (Å²) in [6, 6.07) is 9.27. The van der Waals surface area contributed by atoms with Crippen molar-refractivity contribution in [3.05, 3.63) is 58.6 Å². The van der Waals surface area contributed by atoms with Gasteiger partial charge in [-0.2, -0.15) is 9.78 Å². The Morgan fingerprint density at radius 1 is 1.17 bits per heavy atom. The maximum Gasteiger partial charge on any atom is 0.282 e. The van der Waals surface area contributed by atoms with Gasteiger partial charge in [-0.05, 0) is 18.6 Å². The van der Waals surface area contributed by atoms with Crippen LogP contribution in [0.3, 0.4) is 0 Å². The number of benzene rings is 1. The lowest BCUT2D eigenvalue weighted by Crippen LogP contribution is -2.46. The molecule has 1 amide bonds. The van der Waals surface area contributed by atoms with Crippen molar-refractivity contribution >= 4 is 5.91 Å². The second kappa shape index (κ2) is 8.59. The summed E-state index contributed by atoms with van der Waals surface area (Å²) < 4.78 is 8.41. The minimum Gasteiger partial charge on any atom is -0.385 e. The van der Waals surface area contributed by atoms with Gasteiger partial charge in [0, 0.05) is 58.8 Å². The van der Waals surface area contributed by atoms with Crippen LogP contribution in [0.5, 0.6) is 0 Å². The number of nitrogens with zero attached hydrogens (tertiary/aromatic N) is 4.